The van der Waals surface area contributed by atoms with Crippen molar-refractivity contribution in [1.29, 1.82) is 0 Å². The minimum atomic E-state index is -3.73. The van der Waals surface area contributed by atoms with Gasteiger partial charge in [0.2, 0.25) is 10.0 Å². The van der Waals surface area contributed by atoms with Crippen LogP contribution in [0.3, 0.4) is 0 Å². The Bertz CT molecular complexity index is 1090. The fraction of sp³-hybridized carbons (Fsp3) is 0.476. The Morgan fingerprint density at radius 2 is 2.00 bits per heavy atom. The first-order valence-electron chi connectivity index (χ1n) is 10.6. The third-order valence-electron chi connectivity index (χ3n) is 4.96. The fourth-order valence-electron chi connectivity index (χ4n) is 3.25. The molecule has 1 aromatic heterocycles. The first kappa shape index (κ1) is 26.2. The van der Waals surface area contributed by atoms with Crippen molar-refractivity contribution in [1.82, 2.24) is 9.71 Å². The molecular weight excluding hydrogens is 484 g/mol. The van der Waals surface area contributed by atoms with Crippen LogP contribution in [0.1, 0.15) is 29.7 Å². The second-order valence-corrected chi connectivity index (χ2v) is 10.5. The summed E-state index contributed by atoms with van der Waals surface area (Å²) in [6, 6.07) is 5.72. The van der Waals surface area contributed by atoms with Gasteiger partial charge in [0.1, 0.15) is 6.10 Å². The maximum Gasteiger partial charge on any atom is 0.280 e. The first-order chi connectivity index (χ1) is 16.3. The van der Waals surface area contributed by atoms with Crippen molar-refractivity contribution in [2.75, 3.05) is 32.7 Å². The molecule has 1 fully saturated rings. The highest BCUT2D eigenvalue weighted by atomic mass is 32.2. The summed E-state index contributed by atoms with van der Waals surface area (Å²) in [7, 11) is -0.682. The number of sulfonamides is 1. The van der Waals surface area contributed by atoms with Crippen LogP contribution < -0.4 is 10.0 Å². The van der Waals surface area contributed by atoms with Crippen LogP contribution in [0.2, 0.25) is 0 Å². The van der Waals surface area contributed by atoms with Gasteiger partial charge < -0.3 is 19.4 Å². The number of nitrogens with one attached hydrogen (secondary N) is 2. The number of thiazole rings is 1. The molecule has 0 unspecified atom stereocenters. The number of carbonyl (C=O) groups is 1. The molecule has 0 bridgehead atoms. The number of anilines is 1. The van der Waals surface area contributed by atoms with Gasteiger partial charge in [0.25, 0.3) is 5.91 Å². The van der Waals surface area contributed by atoms with E-state index in [0.29, 0.717) is 36.6 Å². The van der Waals surface area contributed by atoms with Gasteiger partial charge in [-0.25, -0.2) is 18.1 Å². The van der Waals surface area contributed by atoms with E-state index in [1.54, 1.807) is 13.3 Å². The largest absolute Gasteiger partial charge is 0.393 e. The molecule has 0 saturated heterocycles. The number of hydrogen-bond acceptors (Lipinski definition) is 10. The van der Waals surface area contributed by atoms with E-state index in [1.165, 1.54) is 42.7 Å². The fourth-order valence-corrected chi connectivity index (χ4v) is 5.04. The Kier molecular flexibility index (Phi) is 9.50. The van der Waals surface area contributed by atoms with E-state index >= 15 is 0 Å². The summed E-state index contributed by atoms with van der Waals surface area (Å²) < 4.78 is 37.2. The molecule has 13 heteroatoms. The van der Waals surface area contributed by atoms with Crippen molar-refractivity contribution in [3.8, 4) is 0 Å². The van der Waals surface area contributed by atoms with E-state index in [1.807, 2.05) is 0 Å². The summed E-state index contributed by atoms with van der Waals surface area (Å²) in [4.78, 5) is 23.6. The van der Waals surface area contributed by atoms with Gasteiger partial charge in [0.05, 0.1) is 29.1 Å². The zero-order chi connectivity index (χ0) is 24.6. The zero-order valence-electron chi connectivity index (χ0n) is 18.9. The number of carbonyl (C=O) groups excluding carboxylic acids is 1. The van der Waals surface area contributed by atoms with Gasteiger partial charge in [-0.05, 0) is 25.0 Å². The number of hydrogen-bond donors (Lipinski definition) is 3. The van der Waals surface area contributed by atoms with Crippen LogP contribution in [0.5, 0.6) is 0 Å². The molecule has 1 heterocycles. The van der Waals surface area contributed by atoms with E-state index in [0.717, 1.165) is 4.88 Å². The molecule has 0 spiro atoms. The van der Waals surface area contributed by atoms with E-state index in [-0.39, 0.29) is 29.9 Å². The van der Waals surface area contributed by atoms with Gasteiger partial charge in [-0.1, -0.05) is 28.6 Å². The quantitative estimate of drug-likeness (QED) is 0.220. The summed E-state index contributed by atoms with van der Waals surface area (Å²) >= 11 is 1.26. The van der Waals surface area contributed by atoms with E-state index in [4.69, 9.17) is 14.3 Å². The molecule has 0 radical (unpaired) electrons. The minimum absolute atomic E-state index is 0.0380. The second kappa shape index (κ2) is 12.3. The molecule has 2 atom stereocenters. The molecule has 186 valence electrons. The predicted molar refractivity (Wildman–Crippen MR) is 126 cm³/mol. The lowest BCUT2D eigenvalue weighted by atomic mass is 10.1. The maximum absolute atomic E-state index is 13.0. The summed E-state index contributed by atoms with van der Waals surface area (Å²) in [6.07, 6.45) is 2.49. The van der Waals surface area contributed by atoms with Gasteiger partial charge in [0, 0.05) is 38.9 Å². The van der Waals surface area contributed by atoms with E-state index in [2.05, 4.69) is 20.2 Å². The number of aliphatic hydroxyl groups excluding tert-OH is 1. The third kappa shape index (κ3) is 7.29. The van der Waals surface area contributed by atoms with Crippen molar-refractivity contribution < 1.29 is 32.6 Å². The molecule has 3 N–H and O–H groups in total. The maximum atomic E-state index is 13.0. The number of methoxy groups -OCH3 is 2. The van der Waals surface area contributed by atoms with Crippen LogP contribution in [0, 0.1) is 0 Å². The Balaban J connectivity index is 1.80. The number of ether oxygens (including phenoxy) is 2. The normalized spacial score (nSPS) is 18.7. The van der Waals surface area contributed by atoms with Gasteiger partial charge in [-0.15, -0.1) is 0 Å². The Labute approximate surface area is 202 Å². The lowest BCUT2D eigenvalue weighted by molar-refractivity contribution is -0.110. The number of benzene rings is 1. The third-order valence-corrected chi connectivity index (χ3v) is 7.33. The van der Waals surface area contributed by atoms with Gasteiger partial charge in [0.15, 0.2) is 10.8 Å². The summed E-state index contributed by atoms with van der Waals surface area (Å²) in [5, 5.41) is 16.8. The monoisotopic (exact) mass is 512 g/mol. The smallest absolute Gasteiger partial charge is 0.280 e. The zero-order valence-corrected chi connectivity index (χ0v) is 20.5. The molecule has 34 heavy (non-hydrogen) atoms. The number of nitrogens with zero attached hydrogens (tertiary/aromatic N) is 2. The van der Waals surface area contributed by atoms with Crippen LogP contribution >= 0.6 is 11.3 Å². The van der Waals surface area contributed by atoms with Crippen molar-refractivity contribution in [3.63, 3.8) is 0 Å². The number of rotatable bonds is 12. The highest BCUT2D eigenvalue weighted by Crippen LogP contribution is 2.23. The Hall–Kier alpha value is -2.42. The molecule has 1 aliphatic carbocycles. The lowest BCUT2D eigenvalue weighted by Gasteiger charge is -2.11. The Morgan fingerprint density at radius 3 is 2.65 bits per heavy atom. The number of aliphatic hydroxyl groups is 1. The molecule has 1 aromatic carbocycles. The standard InChI is InChI=1S/C21H28N4O7S2/c1-30-10-9-23-34(28,29)18-7-3-14(4-8-18)19(25-32-16-6-5-15(26)11-16)20(27)24-21-22-12-17(33-21)13-31-2/h3-4,7-8,12,15-16,23,26H,5-6,9-11,13H2,1-2H3,(H,22,24,27)/b25-19+/t15-,16-/m1/s1. The van der Waals surface area contributed by atoms with Crippen LogP contribution in [0.25, 0.3) is 0 Å². The van der Waals surface area contributed by atoms with Gasteiger partial charge >= 0.3 is 0 Å². The molecule has 2 aromatic rings. The molecule has 1 saturated carbocycles. The summed E-state index contributed by atoms with van der Waals surface area (Å²) in [5.41, 5.74) is 0.321. The Morgan fingerprint density at radius 1 is 1.24 bits per heavy atom. The van der Waals surface area contributed by atoms with E-state index < -0.39 is 22.0 Å². The SMILES string of the molecule is COCCNS(=O)(=O)c1ccc(/C(=N\O[C@@H]2CC[C@@H](O)C2)C(=O)Nc2ncc(COC)s2)cc1. The lowest BCUT2D eigenvalue weighted by Crippen LogP contribution is -2.27. The van der Waals surface area contributed by atoms with Crippen LogP contribution in [0.15, 0.2) is 40.5 Å². The average Bonchev–Trinajstić information content (AvgIpc) is 3.43. The predicted octanol–water partition coefficient (Wildman–Crippen LogP) is 1.49. The highest BCUT2D eigenvalue weighted by molar-refractivity contribution is 7.89. The van der Waals surface area contributed by atoms with Crippen LogP contribution in [-0.4, -0.2) is 69.7 Å². The molecule has 3 rings (SSSR count). The number of oxime groups is 1. The van der Waals surface area contributed by atoms with Gasteiger partial charge in [-0.3, -0.25) is 10.1 Å². The van der Waals surface area contributed by atoms with Gasteiger partial charge in [-0.2, -0.15) is 0 Å². The number of amides is 1. The minimum Gasteiger partial charge on any atom is -0.393 e. The molecule has 1 aliphatic rings. The molecular formula is C21H28N4O7S2. The topological polar surface area (TPSA) is 148 Å². The van der Waals surface area contributed by atoms with Crippen LogP contribution in [0.4, 0.5) is 5.13 Å². The van der Waals surface area contributed by atoms with Crippen molar-refractivity contribution in [2.24, 2.45) is 5.16 Å². The highest BCUT2D eigenvalue weighted by Gasteiger charge is 2.26. The molecule has 0 aliphatic heterocycles. The van der Waals surface area contributed by atoms with Crippen LogP contribution in [-0.2, 0) is 35.7 Å². The van der Waals surface area contributed by atoms with E-state index in [9.17, 15) is 18.3 Å². The average molecular weight is 513 g/mol. The first-order valence-corrected chi connectivity index (χ1v) is 12.9. The second-order valence-electron chi connectivity index (χ2n) is 7.57. The molecule has 11 nitrogen and oxygen atoms in total. The summed E-state index contributed by atoms with van der Waals surface area (Å²) in [6.45, 7) is 0.746. The summed E-state index contributed by atoms with van der Waals surface area (Å²) in [5.74, 6) is -0.564. The number of aromatic nitrogens is 1. The molecule has 1 amide bonds. The van der Waals surface area contributed by atoms with Crippen molar-refractivity contribution >= 4 is 38.1 Å². The van der Waals surface area contributed by atoms with Crippen molar-refractivity contribution in [3.05, 3.63) is 40.9 Å². The van der Waals surface area contributed by atoms with Crippen molar-refractivity contribution in [2.45, 2.75) is 43.0 Å².